The number of hydrogen-bond acceptors (Lipinski definition) is 4. The van der Waals surface area contributed by atoms with E-state index in [1.807, 2.05) is 0 Å². The summed E-state index contributed by atoms with van der Waals surface area (Å²) in [4.78, 5) is 15.6. The number of carboxylic acids is 1. The van der Waals surface area contributed by atoms with Crippen molar-refractivity contribution in [3.05, 3.63) is 11.7 Å². The molecule has 2 saturated carbocycles. The molecule has 0 aliphatic heterocycles. The first-order valence-corrected chi connectivity index (χ1v) is 7.21. The standard InChI is InChI=1S/C14H20N2O3/c17-12(18)9-14(6-2-1-3-7-14)8-11-15-13(16-19-11)10-4-5-10/h10H,1-9H2,(H,17,18). The minimum atomic E-state index is -0.719. The summed E-state index contributed by atoms with van der Waals surface area (Å²) in [6.07, 6.45) is 8.48. The Hall–Kier alpha value is -1.39. The predicted octanol–water partition coefficient (Wildman–Crippen LogP) is 2.91. The Labute approximate surface area is 112 Å². The van der Waals surface area contributed by atoms with E-state index in [9.17, 15) is 4.79 Å². The minimum absolute atomic E-state index is 0.169. The Bertz CT molecular complexity index is 459. The number of carbonyl (C=O) groups is 1. The Morgan fingerprint density at radius 3 is 2.68 bits per heavy atom. The highest BCUT2D eigenvalue weighted by Crippen LogP contribution is 2.43. The highest BCUT2D eigenvalue weighted by Gasteiger charge is 2.37. The third kappa shape index (κ3) is 2.96. The van der Waals surface area contributed by atoms with Crippen molar-refractivity contribution in [2.24, 2.45) is 5.41 Å². The monoisotopic (exact) mass is 264 g/mol. The molecule has 0 spiro atoms. The molecule has 0 unspecified atom stereocenters. The topological polar surface area (TPSA) is 76.2 Å². The Morgan fingerprint density at radius 2 is 2.05 bits per heavy atom. The fourth-order valence-electron chi connectivity index (χ4n) is 3.21. The molecule has 2 fully saturated rings. The predicted molar refractivity (Wildman–Crippen MR) is 67.7 cm³/mol. The molecule has 5 heteroatoms. The van der Waals surface area contributed by atoms with E-state index in [-0.39, 0.29) is 11.8 Å². The summed E-state index contributed by atoms with van der Waals surface area (Å²) in [6.45, 7) is 0. The zero-order valence-electron chi connectivity index (χ0n) is 11.1. The van der Waals surface area contributed by atoms with E-state index in [0.29, 0.717) is 18.2 Å². The van der Waals surface area contributed by atoms with Gasteiger partial charge in [-0.3, -0.25) is 4.79 Å². The highest BCUT2D eigenvalue weighted by atomic mass is 16.5. The van der Waals surface area contributed by atoms with E-state index >= 15 is 0 Å². The Morgan fingerprint density at radius 1 is 1.32 bits per heavy atom. The molecule has 2 aliphatic carbocycles. The molecular weight excluding hydrogens is 244 g/mol. The molecule has 1 N–H and O–H groups in total. The Kier molecular flexibility index (Phi) is 3.29. The third-order valence-corrected chi connectivity index (χ3v) is 4.39. The molecule has 0 radical (unpaired) electrons. The lowest BCUT2D eigenvalue weighted by molar-refractivity contribution is -0.140. The number of aliphatic carboxylic acids is 1. The van der Waals surface area contributed by atoms with Gasteiger partial charge in [-0.2, -0.15) is 4.98 Å². The summed E-state index contributed by atoms with van der Waals surface area (Å²) >= 11 is 0. The average molecular weight is 264 g/mol. The lowest BCUT2D eigenvalue weighted by Crippen LogP contribution is -2.29. The van der Waals surface area contributed by atoms with Gasteiger partial charge in [0, 0.05) is 12.3 Å². The van der Waals surface area contributed by atoms with Crippen LogP contribution >= 0.6 is 0 Å². The normalized spacial score (nSPS) is 22.3. The lowest BCUT2D eigenvalue weighted by atomic mass is 9.69. The van der Waals surface area contributed by atoms with Crippen molar-refractivity contribution < 1.29 is 14.4 Å². The molecule has 1 aromatic rings. The maximum absolute atomic E-state index is 11.1. The van der Waals surface area contributed by atoms with Gasteiger partial charge in [-0.15, -0.1) is 0 Å². The molecule has 1 heterocycles. The van der Waals surface area contributed by atoms with Crippen molar-refractivity contribution in [1.29, 1.82) is 0 Å². The van der Waals surface area contributed by atoms with E-state index in [1.54, 1.807) is 0 Å². The first kappa shape index (κ1) is 12.6. The summed E-state index contributed by atoms with van der Waals surface area (Å²) in [6, 6.07) is 0. The van der Waals surface area contributed by atoms with Crippen LogP contribution in [0.4, 0.5) is 0 Å². The zero-order valence-corrected chi connectivity index (χ0v) is 11.1. The fraction of sp³-hybridized carbons (Fsp3) is 0.786. The quantitative estimate of drug-likeness (QED) is 0.884. The largest absolute Gasteiger partial charge is 0.481 e. The number of aromatic nitrogens is 2. The van der Waals surface area contributed by atoms with E-state index in [0.717, 1.165) is 44.3 Å². The van der Waals surface area contributed by atoms with E-state index in [1.165, 1.54) is 6.42 Å². The zero-order chi connectivity index (χ0) is 13.3. The van der Waals surface area contributed by atoms with Crippen LogP contribution < -0.4 is 0 Å². The van der Waals surface area contributed by atoms with Gasteiger partial charge in [-0.05, 0) is 31.1 Å². The third-order valence-electron chi connectivity index (χ3n) is 4.39. The van der Waals surface area contributed by atoms with Crippen LogP contribution in [-0.2, 0) is 11.2 Å². The average Bonchev–Trinajstić information content (AvgIpc) is 3.11. The highest BCUT2D eigenvalue weighted by molar-refractivity contribution is 5.67. The van der Waals surface area contributed by atoms with Gasteiger partial charge in [0.05, 0.1) is 6.42 Å². The molecule has 104 valence electrons. The van der Waals surface area contributed by atoms with Crippen LogP contribution in [0.1, 0.15) is 69.0 Å². The molecule has 19 heavy (non-hydrogen) atoms. The molecule has 0 atom stereocenters. The van der Waals surface area contributed by atoms with Gasteiger partial charge in [-0.25, -0.2) is 0 Å². The fourth-order valence-corrected chi connectivity index (χ4v) is 3.21. The van der Waals surface area contributed by atoms with E-state index in [2.05, 4.69) is 10.1 Å². The SMILES string of the molecule is O=C(O)CC1(Cc2nc(C3CC3)no2)CCCCC1. The molecule has 0 amide bonds. The Balaban J connectivity index is 1.73. The van der Waals surface area contributed by atoms with Crippen LogP contribution in [0.3, 0.4) is 0 Å². The second kappa shape index (κ2) is 4.94. The van der Waals surface area contributed by atoms with Gasteiger partial charge in [0.25, 0.3) is 0 Å². The van der Waals surface area contributed by atoms with Crippen LogP contribution in [0.25, 0.3) is 0 Å². The van der Waals surface area contributed by atoms with Gasteiger partial charge in [0.15, 0.2) is 5.82 Å². The summed E-state index contributed by atoms with van der Waals surface area (Å²) < 4.78 is 5.32. The van der Waals surface area contributed by atoms with Crippen molar-refractivity contribution in [2.45, 2.75) is 63.7 Å². The molecule has 1 aromatic heterocycles. The van der Waals surface area contributed by atoms with Gasteiger partial charge in [0.1, 0.15) is 0 Å². The van der Waals surface area contributed by atoms with Gasteiger partial charge >= 0.3 is 5.97 Å². The van der Waals surface area contributed by atoms with Crippen molar-refractivity contribution in [1.82, 2.24) is 10.1 Å². The van der Waals surface area contributed by atoms with Crippen molar-refractivity contribution in [2.75, 3.05) is 0 Å². The molecule has 5 nitrogen and oxygen atoms in total. The summed E-state index contributed by atoms with van der Waals surface area (Å²) in [5, 5.41) is 13.2. The minimum Gasteiger partial charge on any atom is -0.481 e. The molecule has 0 saturated heterocycles. The van der Waals surface area contributed by atoms with Crippen molar-refractivity contribution >= 4 is 5.97 Å². The molecule has 0 aromatic carbocycles. The first-order chi connectivity index (χ1) is 9.17. The lowest BCUT2D eigenvalue weighted by Gasteiger charge is -2.34. The molecule has 0 bridgehead atoms. The van der Waals surface area contributed by atoms with Crippen molar-refractivity contribution in [3.8, 4) is 0 Å². The second-order valence-electron chi connectivity index (χ2n) is 6.13. The summed E-state index contributed by atoms with van der Waals surface area (Å²) in [7, 11) is 0. The van der Waals surface area contributed by atoms with Gasteiger partial charge in [0.2, 0.25) is 5.89 Å². The number of carboxylic acid groups (broad SMARTS) is 1. The van der Waals surface area contributed by atoms with Crippen LogP contribution in [-0.4, -0.2) is 21.2 Å². The second-order valence-corrected chi connectivity index (χ2v) is 6.13. The van der Waals surface area contributed by atoms with Crippen LogP contribution in [0.15, 0.2) is 4.52 Å². The summed E-state index contributed by atoms with van der Waals surface area (Å²) in [5.74, 6) is 1.21. The maximum Gasteiger partial charge on any atom is 0.303 e. The first-order valence-electron chi connectivity index (χ1n) is 7.21. The number of hydrogen-bond donors (Lipinski definition) is 1. The molecular formula is C14H20N2O3. The van der Waals surface area contributed by atoms with Crippen LogP contribution in [0.5, 0.6) is 0 Å². The van der Waals surface area contributed by atoms with E-state index < -0.39 is 5.97 Å². The molecule has 2 aliphatic rings. The smallest absolute Gasteiger partial charge is 0.303 e. The van der Waals surface area contributed by atoms with Crippen molar-refractivity contribution in [3.63, 3.8) is 0 Å². The maximum atomic E-state index is 11.1. The summed E-state index contributed by atoms with van der Waals surface area (Å²) in [5.41, 5.74) is -0.169. The van der Waals surface area contributed by atoms with Crippen LogP contribution in [0, 0.1) is 5.41 Å². The van der Waals surface area contributed by atoms with Gasteiger partial charge in [-0.1, -0.05) is 24.4 Å². The van der Waals surface area contributed by atoms with Crippen LogP contribution in [0.2, 0.25) is 0 Å². The number of nitrogens with zero attached hydrogens (tertiary/aromatic N) is 2. The number of rotatable bonds is 5. The molecule has 3 rings (SSSR count). The van der Waals surface area contributed by atoms with E-state index in [4.69, 9.17) is 9.63 Å². The van der Waals surface area contributed by atoms with Gasteiger partial charge < -0.3 is 9.63 Å².